The second kappa shape index (κ2) is 3.36. The van der Waals surface area contributed by atoms with Crippen molar-refractivity contribution in [1.82, 2.24) is 0 Å². The number of hydrogen-bond donors (Lipinski definition) is 0. The van der Waals surface area contributed by atoms with E-state index in [4.69, 9.17) is 5.26 Å². The molecule has 0 aliphatic rings. The summed E-state index contributed by atoms with van der Waals surface area (Å²) in [6.07, 6.45) is 0.578. The zero-order chi connectivity index (χ0) is 9.90. The van der Waals surface area contributed by atoms with E-state index in [9.17, 15) is 8.78 Å². The summed E-state index contributed by atoms with van der Waals surface area (Å²) in [5.74, 6) is -3.02. The zero-order valence-electron chi connectivity index (χ0n) is 6.80. The maximum atomic E-state index is 12.9. The molecule has 0 aliphatic carbocycles. The molecule has 0 bridgehead atoms. The van der Waals surface area contributed by atoms with Crippen molar-refractivity contribution < 1.29 is 8.78 Å². The monoisotopic (exact) mass is 179 g/mol. The maximum Gasteiger partial charge on any atom is 0.291 e. The highest BCUT2D eigenvalue weighted by molar-refractivity contribution is 5.34. The van der Waals surface area contributed by atoms with Crippen molar-refractivity contribution in [2.75, 3.05) is 0 Å². The Morgan fingerprint density at radius 2 is 1.85 bits per heavy atom. The van der Waals surface area contributed by atoms with Crippen LogP contribution in [0.15, 0.2) is 36.9 Å². The van der Waals surface area contributed by atoms with Crippen molar-refractivity contribution in [2.24, 2.45) is 0 Å². The van der Waals surface area contributed by atoms with Crippen LogP contribution in [0, 0.1) is 11.3 Å². The normalized spacial score (nSPS) is 10.5. The number of alkyl halides is 2. The molecule has 0 heterocycles. The van der Waals surface area contributed by atoms with Gasteiger partial charge in [0, 0.05) is 5.56 Å². The summed E-state index contributed by atoms with van der Waals surface area (Å²) in [6.45, 7) is 3.04. The molecular weight excluding hydrogens is 172 g/mol. The average Bonchev–Trinajstić information content (AvgIpc) is 2.18. The van der Waals surface area contributed by atoms with Gasteiger partial charge in [0.25, 0.3) is 5.92 Å². The van der Waals surface area contributed by atoms with Gasteiger partial charge in [0.2, 0.25) is 0 Å². The molecule has 1 aromatic rings. The Bertz CT molecular complexity index is 346. The predicted octanol–water partition coefficient (Wildman–Crippen LogP) is 2.84. The molecule has 0 N–H and O–H groups in total. The second-order valence-electron chi connectivity index (χ2n) is 2.52. The molecule has 0 fully saturated rings. The average molecular weight is 179 g/mol. The molecule has 1 rings (SSSR count). The van der Waals surface area contributed by atoms with Crippen LogP contribution in [0.3, 0.4) is 0 Å². The first-order valence-electron chi connectivity index (χ1n) is 3.62. The Morgan fingerprint density at radius 3 is 2.23 bits per heavy atom. The Kier molecular flexibility index (Phi) is 2.43. The third-order valence-corrected chi connectivity index (χ3v) is 1.66. The molecule has 0 radical (unpaired) electrons. The van der Waals surface area contributed by atoms with Gasteiger partial charge in [0.05, 0.1) is 11.6 Å². The summed E-state index contributed by atoms with van der Waals surface area (Å²) < 4.78 is 25.8. The van der Waals surface area contributed by atoms with Gasteiger partial charge in [-0.2, -0.15) is 14.0 Å². The molecule has 1 nitrogen and oxygen atoms in total. The fourth-order valence-corrected chi connectivity index (χ4v) is 0.885. The van der Waals surface area contributed by atoms with E-state index < -0.39 is 5.92 Å². The van der Waals surface area contributed by atoms with Gasteiger partial charge < -0.3 is 0 Å². The van der Waals surface area contributed by atoms with Crippen LogP contribution in [0.25, 0.3) is 0 Å². The summed E-state index contributed by atoms with van der Waals surface area (Å²) in [5.41, 5.74) is 0.213. The van der Waals surface area contributed by atoms with Crippen LogP contribution in [0.4, 0.5) is 8.78 Å². The fourth-order valence-electron chi connectivity index (χ4n) is 0.885. The molecule has 0 aliphatic heterocycles. The lowest BCUT2D eigenvalue weighted by Crippen LogP contribution is -2.08. The fraction of sp³-hybridized carbons (Fsp3) is 0.100. The van der Waals surface area contributed by atoms with Gasteiger partial charge in [-0.05, 0) is 18.2 Å². The molecular formula is C10H7F2N. The van der Waals surface area contributed by atoms with Gasteiger partial charge in [-0.25, -0.2) is 0 Å². The van der Waals surface area contributed by atoms with Crippen LogP contribution in [-0.4, -0.2) is 0 Å². The number of hydrogen-bond acceptors (Lipinski definition) is 1. The van der Waals surface area contributed by atoms with E-state index in [1.54, 1.807) is 0 Å². The van der Waals surface area contributed by atoms with Crippen LogP contribution in [-0.2, 0) is 5.92 Å². The van der Waals surface area contributed by atoms with Crippen molar-refractivity contribution in [1.29, 1.82) is 5.26 Å². The van der Waals surface area contributed by atoms with Crippen molar-refractivity contribution in [2.45, 2.75) is 5.92 Å². The molecule has 3 heteroatoms. The molecule has 0 saturated heterocycles. The number of benzene rings is 1. The van der Waals surface area contributed by atoms with Crippen molar-refractivity contribution in [3.63, 3.8) is 0 Å². The zero-order valence-corrected chi connectivity index (χ0v) is 6.80. The minimum absolute atomic E-state index is 0.151. The largest absolute Gasteiger partial charge is 0.291 e. The highest BCUT2D eigenvalue weighted by Gasteiger charge is 2.26. The van der Waals surface area contributed by atoms with Gasteiger partial charge in [0.1, 0.15) is 0 Å². The molecule has 0 unspecified atom stereocenters. The first-order chi connectivity index (χ1) is 6.10. The van der Waals surface area contributed by atoms with E-state index >= 15 is 0 Å². The van der Waals surface area contributed by atoms with Crippen LogP contribution in [0.5, 0.6) is 0 Å². The Balaban J connectivity index is 3.07. The van der Waals surface area contributed by atoms with Crippen molar-refractivity contribution >= 4 is 0 Å². The molecule has 0 amide bonds. The highest BCUT2D eigenvalue weighted by Crippen LogP contribution is 2.28. The first-order valence-corrected chi connectivity index (χ1v) is 3.62. The minimum atomic E-state index is -3.02. The van der Waals surface area contributed by atoms with Crippen molar-refractivity contribution in [3.05, 3.63) is 48.0 Å². The predicted molar refractivity (Wildman–Crippen MR) is 45.2 cm³/mol. The maximum absolute atomic E-state index is 12.9. The van der Waals surface area contributed by atoms with E-state index in [2.05, 4.69) is 6.58 Å². The number of rotatable bonds is 2. The van der Waals surface area contributed by atoms with E-state index in [0.29, 0.717) is 11.6 Å². The molecule has 66 valence electrons. The summed E-state index contributed by atoms with van der Waals surface area (Å²) >= 11 is 0. The first kappa shape index (κ1) is 9.40. The Morgan fingerprint density at radius 1 is 1.31 bits per heavy atom. The van der Waals surface area contributed by atoms with Crippen LogP contribution < -0.4 is 0 Å². The highest BCUT2D eigenvalue weighted by atomic mass is 19.3. The van der Waals surface area contributed by atoms with E-state index in [0.717, 1.165) is 0 Å². The quantitative estimate of drug-likeness (QED) is 0.640. The molecule has 0 aromatic heterocycles. The number of halogens is 2. The van der Waals surface area contributed by atoms with Crippen LogP contribution in [0.2, 0.25) is 0 Å². The molecule has 0 saturated carbocycles. The number of allylic oxidation sites excluding steroid dienone is 1. The minimum Gasteiger partial charge on any atom is -0.197 e. The lowest BCUT2D eigenvalue weighted by Gasteiger charge is -2.10. The number of nitriles is 1. The summed E-state index contributed by atoms with van der Waals surface area (Å²) in [5, 5.41) is 8.43. The molecule has 1 aromatic carbocycles. The summed E-state index contributed by atoms with van der Waals surface area (Å²) in [7, 11) is 0. The molecule has 0 atom stereocenters. The molecule has 0 spiro atoms. The van der Waals surface area contributed by atoms with Crippen molar-refractivity contribution in [3.8, 4) is 6.07 Å². The number of nitrogens with zero attached hydrogens (tertiary/aromatic N) is 1. The topological polar surface area (TPSA) is 23.8 Å². The standard InChI is InChI=1S/C10H7F2N/c1-2-10(11,12)9-5-3-8(7-13)4-6-9/h2-6H,1H2. The molecule has 13 heavy (non-hydrogen) atoms. The van der Waals surface area contributed by atoms with Gasteiger partial charge in [0.15, 0.2) is 0 Å². The van der Waals surface area contributed by atoms with Gasteiger partial charge in [-0.15, -0.1) is 0 Å². The smallest absolute Gasteiger partial charge is 0.197 e. The summed E-state index contributed by atoms with van der Waals surface area (Å²) in [6, 6.07) is 7.01. The van der Waals surface area contributed by atoms with E-state index in [1.165, 1.54) is 24.3 Å². The van der Waals surface area contributed by atoms with Crippen LogP contribution >= 0.6 is 0 Å². The summed E-state index contributed by atoms with van der Waals surface area (Å²) in [4.78, 5) is 0. The van der Waals surface area contributed by atoms with E-state index in [1.807, 2.05) is 6.07 Å². The van der Waals surface area contributed by atoms with Gasteiger partial charge >= 0.3 is 0 Å². The Hall–Kier alpha value is -1.69. The second-order valence-corrected chi connectivity index (χ2v) is 2.52. The Labute approximate surface area is 74.9 Å². The van der Waals surface area contributed by atoms with Gasteiger partial charge in [-0.3, -0.25) is 0 Å². The lowest BCUT2D eigenvalue weighted by molar-refractivity contribution is 0.0525. The third-order valence-electron chi connectivity index (χ3n) is 1.66. The van der Waals surface area contributed by atoms with Crippen LogP contribution in [0.1, 0.15) is 11.1 Å². The lowest BCUT2D eigenvalue weighted by atomic mass is 10.1. The van der Waals surface area contributed by atoms with Gasteiger partial charge in [-0.1, -0.05) is 18.7 Å². The SMILES string of the molecule is C=CC(F)(F)c1ccc(C#N)cc1. The third kappa shape index (κ3) is 1.91. The van der Waals surface area contributed by atoms with E-state index in [-0.39, 0.29) is 5.56 Å².